The molecule has 5 nitrogen and oxygen atoms in total. The van der Waals surface area contributed by atoms with Crippen LogP contribution in [0.1, 0.15) is 24.8 Å². The molecule has 0 radical (unpaired) electrons. The summed E-state index contributed by atoms with van der Waals surface area (Å²) in [6, 6.07) is 5.53. The number of benzene rings is 1. The van der Waals surface area contributed by atoms with Crippen LogP contribution in [0.3, 0.4) is 0 Å². The monoisotopic (exact) mass is 266 g/mol. The molecule has 0 aliphatic heterocycles. The van der Waals surface area contributed by atoms with Crippen LogP contribution < -0.4 is 20.5 Å². The quantitative estimate of drug-likeness (QED) is 0.698. The van der Waals surface area contributed by atoms with E-state index in [2.05, 4.69) is 5.32 Å². The van der Waals surface area contributed by atoms with Crippen LogP contribution >= 0.6 is 0 Å². The molecule has 0 saturated heterocycles. The highest BCUT2D eigenvalue weighted by Crippen LogP contribution is 2.24. The van der Waals surface area contributed by atoms with E-state index >= 15 is 0 Å². The van der Waals surface area contributed by atoms with E-state index in [-0.39, 0.29) is 5.91 Å². The summed E-state index contributed by atoms with van der Waals surface area (Å²) < 4.78 is 10.4. The molecule has 0 atom stereocenters. The highest BCUT2D eigenvalue weighted by molar-refractivity contribution is 5.75. The van der Waals surface area contributed by atoms with Crippen molar-refractivity contribution < 1.29 is 14.3 Å². The number of nitrogens with one attached hydrogen (secondary N) is 1. The molecular weight excluding hydrogens is 244 g/mol. The number of methoxy groups -OCH3 is 2. The van der Waals surface area contributed by atoms with Crippen molar-refractivity contribution in [3.8, 4) is 11.5 Å². The first kappa shape index (κ1) is 15.3. The Bertz CT molecular complexity index is 408. The molecule has 0 aromatic heterocycles. The third-order valence-electron chi connectivity index (χ3n) is 2.83. The minimum atomic E-state index is 0.0336. The summed E-state index contributed by atoms with van der Waals surface area (Å²) in [5, 5.41) is 2.87. The van der Waals surface area contributed by atoms with Crippen LogP contribution in [0.2, 0.25) is 0 Å². The van der Waals surface area contributed by atoms with E-state index in [1.807, 2.05) is 12.1 Å². The Kier molecular flexibility index (Phi) is 6.74. The highest BCUT2D eigenvalue weighted by atomic mass is 16.5. The Morgan fingerprint density at radius 1 is 1.26 bits per heavy atom. The first-order valence-electron chi connectivity index (χ1n) is 6.39. The third kappa shape index (κ3) is 5.18. The van der Waals surface area contributed by atoms with Gasteiger partial charge in [-0.05, 0) is 31.5 Å². The number of carbonyl (C=O) groups is 1. The molecule has 5 heteroatoms. The van der Waals surface area contributed by atoms with E-state index in [0.717, 1.165) is 24.2 Å². The molecule has 106 valence electrons. The number of hydrogen-bond donors (Lipinski definition) is 2. The van der Waals surface area contributed by atoms with Gasteiger partial charge < -0.3 is 20.5 Å². The molecule has 3 N–H and O–H groups in total. The van der Waals surface area contributed by atoms with Gasteiger partial charge in [0, 0.05) is 24.6 Å². The molecule has 0 fully saturated rings. The number of hydrogen-bond acceptors (Lipinski definition) is 4. The molecule has 0 aliphatic rings. The van der Waals surface area contributed by atoms with Crippen molar-refractivity contribution in [1.29, 1.82) is 0 Å². The second kappa shape index (κ2) is 8.37. The van der Waals surface area contributed by atoms with E-state index < -0.39 is 0 Å². The number of nitrogens with two attached hydrogens (primary N) is 1. The highest BCUT2D eigenvalue weighted by Gasteiger charge is 2.07. The van der Waals surface area contributed by atoms with E-state index in [0.29, 0.717) is 25.3 Å². The van der Waals surface area contributed by atoms with Gasteiger partial charge >= 0.3 is 0 Å². The minimum Gasteiger partial charge on any atom is -0.497 e. The summed E-state index contributed by atoms with van der Waals surface area (Å²) in [7, 11) is 3.20. The van der Waals surface area contributed by atoms with Gasteiger partial charge in [0.25, 0.3) is 0 Å². The molecule has 0 spiro atoms. The first-order valence-corrected chi connectivity index (χ1v) is 6.39. The lowest BCUT2D eigenvalue weighted by Crippen LogP contribution is -2.22. The average molecular weight is 266 g/mol. The molecule has 0 saturated carbocycles. The number of rotatable bonds is 8. The molecule has 1 aromatic rings. The summed E-state index contributed by atoms with van der Waals surface area (Å²) in [5.74, 6) is 1.47. The second-order valence-corrected chi connectivity index (χ2v) is 4.20. The fraction of sp³-hybridized carbons (Fsp3) is 0.500. The van der Waals surface area contributed by atoms with Crippen molar-refractivity contribution in [2.24, 2.45) is 5.73 Å². The molecule has 0 unspecified atom stereocenters. The van der Waals surface area contributed by atoms with Gasteiger partial charge in [-0.1, -0.05) is 0 Å². The van der Waals surface area contributed by atoms with Crippen molar-refractivity contribution >= 4 is 5.91 Å². The van der Waals surface area contributed by atoms with Crippen molar-refractivity contribution in [2.45, 2.75) is 25.8 Å². The van der Waals surface area contributed by atoms with Gasteiger partial charge in [0.1, 0.15) is 11.5 Å². The van der Waals surface area contributed by atoms with Gasteiger partial charge in [0.2, 0.25) is 5.91 Å². The van der Waals surface area contributed by atoms with Crippen molar-refractivity contribution in [2.75, 3.05) is 20.8 Å². The van der Waals surface area contributed by atoms with Crippen molar-refractivity contribution in [3.63, 3.8) is 0 Å². The van der Waals surface area contributed by atoms with Crippen LogP contribution in [-0.2, 0) is 11.3 Å². The van der Waals surface area contributed by atoms with E-state index in [4.69, 9.17) is 15.2 Å². The van der Waals surface area contributed by atoms with Gasteiger partial charge in [0.15, 0.2) is 0 Å². The van der Waals surface area contributed by atoms with Crippen LogP contribution in [0.25, 0.3) is 0 Å². The van der Waals surface area contributed by atoms with Crippen LogP contribution in [0.4, 0.5) is 0 Å². The summed E-state index contributed by atoms with van der Waals surface area (Å²) in [5.41, 5.74) is 6.31. The van der Waals surface area contributed by atoms with Crippen LogP contribution in [0, 0.1) is 0 Å². The predicted octanol–water partition coefficient (Wildman–Crippen LogP) is 1.45. The Hall–Kier alpha value is -1.75. The van der Waals surface area contributed by atoms with E-state index in [1.54, 1.807) is 20.3 Å². The number of ether oxygens (including phenoxy) is 2. The van der Waals surface area contributed by atoms with Crippen LogP contribution in [-0.4, -0.2) is 26.7 Å². The smallest absolute Gasteiger partial charge is 0.220 e. The maximum absolute atomic E-state index is 11.6. The normalized spacial score (nSPS) is 10.1. The Labute approximate surface area is 114 Å². The average Bonchev–Trinajstić information content (AvgIpc) is 2.45. The molecular formula is C14H22N2O3. The lowest BCUT2D eigenvalue weighted by molar-refractivity contribution is -0.121. The fourth-order valence-electron chi connectivity index (χ4n) is 1.71. The maximum Gasteiger partial charge on any atom is 0.220 e. The van der Waals surface area contributed by atoms with Gasteiger partial charge in [0.05, 0.1) is 14.2 Å². The zero-order valence-electron chi connectivity index (χ0n) is 11.6. The summed E-state index contributed by atoms with van der Waals surface area (Å²) in [6.45, 7) is 1.08. The number of amides is 1. The molecule has 1 amide bonds. The van der Waals surface area contributed by atoms with Crippen molar-refractivity contribution in [1.82, 2.24) is 5.32 Å². The minimum absolute atomic E-state index is 0.0336. The molecule has 1 aromatic carbocycles. The number of carbonyl (C=O) groups excluding carboxylic acids is 1. The summed E-state index contributed by atoms with van der Waals surface area (Å²) >= 11 is 0. The second-order valence-electron chi connectivity index (χ2n) is 4.20. The molecule has 1 rings (SSSR count). The zero-order valence-corrected chi connectivity index (χ0v) is 11.6. The summed E-state index contributed by atoms with van der Waals surface area (Å²) in [4.78, 5) is 11.6. The van der Waals surface area contributed by atoms with Gasteiger partial charge in [-0.25, -0.2) is 0 Å². The van der Waals surface area contributed by atoms with Gasteiger partial charge in [-0.15, -0.1) is 0 Å². The van der Waals surface area contributed by atoms with Gasteiger partial charge in [-0.3, -0.25) is 4.79 Å². The molecule has 19 heavy (non-hydrogen) atoms. The zero-order chi connectivity index (χ0) is 14.1. The fourth-order valence-corrected chi connectivity index (χ4v) is 1.71. The van der Waals surface area contributed by atoms with Crippen molar-refractivity contribution in [3.05, 3.63) is 23.8 Å². The van der Waals surface area contributed by atoms with E-state index in [9.17, 15) is 4.79 Å². The lowest BCUT2D eigenvalue weighted by Gasteiger charge is -2.11. The Balaban J connectivity index is 2.50. The SMILES string of the molecule is COc1ccc(CNC(=O)CCCCN)c(OC)c1. The lowest BCUT2D eigenvalue weighted by atomic mass is 10.1. The number of unbranched alkanes of at least 4 members (excludes halogenated alkanes) is 1. The molecule has 0 bridgehead atoms. The molecule has 0 heterocycles. The third-order valence-corrected chi connectivity index (χ3v) is 2.83. The van der Waals surface area contributed by atoms with Gasteiger partial charge in [-0.2, -0.15) is 0 Å². The first-order chi connectivity index (χ1) is 9.21. The Morgan fingerprint density at radius 3 is 2.68 bits per heavy atom. The van der Waals surface area contributed by atoms with E-state index in [1.165, 1.54) is 0 Å². The topological polar surface area (TPSA) is 73.6 Å². The Morgan fingerprint density at radius 2 is 2.05 bits per heavy atom. The van der Waals surface area contributed by atoms with Crippen LogP contribution in [0.15, 0.2) is 18.2 Å². The largest absolute Gasteiger partial charge is 0.497 e. The van der Waals surface area contributed by atoms with Crippen LogP contribution in [0.5, 0.6) is 11.5 Å². The summed E-state index contributed by atoms with van der Waals surface area (Å²) in [6.07, 6.45) is 2.21. The maximum atomic E-state index is 11.6. The molecule has 0 aliphatic carbocycles. The predicted molar refractivity (Wildman–Crippen MR) is 74.3 cm³/mol. The standard InChI is InChI=1S/C14H22N2O3/c1-18-12-7-6-11(13(9-12)19-2)10-16-14(17)5-3-4-8-15/h6-7,9H,3-5,8,10,15H2,1-2H3,(H,16,17).